The first-order valence-electron chi connectivity index (χ1n) is 19.3. The summed E-state index contributed by atoms with van der Waals surface area (Å²) < 4.78 is 0. The molecular weight excluding hydrogens is 721 g/mol. The summed E-state index contributed by atoms with van der Waals surface area (Å²) in [6.45, 7) is 4.40. The van der Waals surface area contributed by atoms with Crippen LogP contribution in [0.5, 0.6) is 0 Å². The third-order valence-electron chi connectivity index (χ3n) is 12.0. The van der Waals surface area contributed by atoms with E-state index in [2.05, 4.69) is 64.5 Å². The molecule has 2 aromatic carbocycles. The minimum Gasteiger partial charge on any atom is -0.352 e. The van der Waals surface area contributed by atoms with E-state index in [0.29, 0.717) is 24.3 Å². The minimum atomic E-state index is -0.143. The standard InChI is InChI=1S/C21H19N7O.C20H19N7O/c29-20(17-11-23-15-3-1-2-4-16(15)26-17)28-10-9-27(12-21(28)6-7-21)19-14-5-8-22-18(14)24-13-25-19;28-19(13-1-2-15-16(9-13)23-11-22-15)27-8-7-26(10-20(27)4-5-20)18-14-3-6-21-17(14)24-12-25-18/h1-5,8,11,13H,6-7,9-10,12H2,(H,22,24,25);1-3,6,9,11-12H,4-5,7-8,10H2,(H,22,23)(H,21,24,25). The molecule has 16 heteroatoms. The molecule has 0 atom stereocenters. The molecule has 16 nitrogen and oxygen atoms in total. The van der Waals surface area contributed by atoms with Crippen LogP contribution in [0.1, 0.15) is 46.5 Å². The van der Waals surface area contributed by atoms with Gasteiger partial charge in [0.15, 0.2) is 0 Å². The second-order valence-electron chi connectivity index (χ2n) is 15.5. The SMILES string of the molecule is O=C(c1ccc2nc[nH]c2c1)N1CCN(c2ncnc3[nH]ccc23)CC12CC2.O=C(c1cnc2ccccc2n1)N1CCN(c2ncnc3[nH]ccc23)CC12CC2. The highest BCUT2D eigenvalue weighted by Crippen LogP contribution is 2.47. The molecule has 2 saturated carbocycles. The predicted octanol–water partition coefficient (Wildman–Crippen LogP) is 4.73. The number of anilines is 2. The van der Waals surface area contributed by atoms with E-state index >= 15 is 0 Å². The molecule has 4 fully saturated rings. The number of nitrogens with one attached hydrogen (secondary N) is 3. The van der Waals surface area contributed by atoms with Crippen LogP contribution in [0.2, 0.25) is 0 Å². The summed E-state index contributed by atoms with van der Waals surface area (Å²) >= 11 is 0. The Morgan fingerprint density at radius 3 is 1.84 bits per heavy atom. The molecule has 0 radical (unpaired) electrons. The number of para-hydroxylation sites is 2. The van der Waals surface area contributed by atoms with Gasteiger partial charge >= 0.3 is 0 Å². The second-order valence-corrected chi connectivity index (χ2v) is 15.5. The van der Waals surface area contributed by atoms with Gasteiger partial charge < -0.3 is 34.6 Å². The van der Waals surface area contributed by atoms with Crippen molar-refractivity contribution in [2.45, 2.75) is 36.8 Å². The first-order chi connectivity index (χ1) is 28.0. The molecule has 0 bridgehead atoms. The molecule has 8 heterocycles. The Kier molecular flexibility index (Phi) is 7.49. The molecule has 2 aliphatic heterocycles. The van der Waals surface area contributed by atoms with Gasteiger partial charge in [-0.3, -0.25) is 14.6 Å². The summed E-state index contributed by atoms with van der Waals surface area (Å²) in [7, 11) is 0. The number of aromatic nitrogens is 10. The van der Waals surface area contributed by atoms with Gasteiger partial charge in [0.25, 0.3) is 11.8 Å². The van der Waals surface area contributed by atoms with Crippen molar-refractivity contribution in [2.75, 3.05) is 49.1 Å². The van der Waals surface area contributed by atoms with Gasteiger partial charge in [-0.1, -0.05) is 12.1 Å². The zero-order valence-electron chi connectivity index (χ0n) is 31.0. The maximum absolute atomic E-state index is 13.3. The van der Waals surface area contributed by atoms with Gasteiger partial charge in [-0.05, 0) is 68.1 Å². The number of carbonyl (C=O) groups is 2. The van der Waals surface area contributed by atoms with E-state index in [4.69, 9.17) is 0 Å². The number of H-pyrrole nitrogens is 3. The number of amides is 2. The van der Waals surface area contributed by atoms with E-state index in [9.17, 15) is 9.59 Å². The summed E-state index contributed by atoms with van der Waals surface area (Å²) in [5.74, 6) is 1.95. The number of piperazine rings is 2. The van der Waals surface area contributed by atoms with Crippen LogP contribution in [0.4, 0.5) is 11.6 Å². The number of rotatable bonds is 4. The molecule has 3 N–H and O–H groups in total. The van der Waals surface area contributed by atoms with E-state index in [1.807, 2.05) is 71.9 Å². The molecule has 2 saturated heterocycles. The topological polar surface area (TPSA) is 185 Å². The summed E-state index contributed by atoms with van der Waals surface area (Å²) in [4.78, 5) is 75.4. The van der Waals surface area contributed by atoms with Crippen molar-refractivity contribution in [3.8, 4) is 0 Å². The molecule has 2 aliphatic carbocycles. The summed E-state index contributed by atoms with van der Waals surface area (Å²) in [5, 5.41) is 2.05. The zero-order chi connectivity index (χ0) is 38.1. The van der Waals surface area contributed by atoms with Gasteiger partial charge in [0.2, 0.25) is 0 Å². The number of nitrogens with zero attached hydrogens (tertiary/aromatic N) is 11. The van der Waals surface area contributed by atoms with Crippen molar-refractivity contribution in [1.29, 1.82) is 0 Å². The summed E-state index contributed by atoms with van der Waals surface area (Å²) in [6.07, 6.45) is 14.3. The monoisotopic (exact) mass is 758 g/mol. The van der Waals surface area contributed by atoms with Crippen molar-refractivity contribution in [3.63, 3.8) is 0 Å². The lowest BCUT2D eigenvalue weighted by atomic mass is 10.1. The molecule has 284 valence electrons. The maximum atomic E-state index is 13.3. The predicted molar refractivity (Wildman–Crippen MR) is 214 cm³/mol. The highest BCUT2D eigenvalue weighted by Gasteiger charge is 2.55. The third-order valence-corrected chi connectivity index (χ3v) is 12.0. The van der Waals surface area contributed by atoms with Gasteiger partial charge in [-0.15, -0.1) is 0 Å². The van der Waals surface area contributed by atoms with Crippen molar-refractivity contribution < 1.29 is 9.59 Å². The van der Waals surface area contributed by atoms with E-state index in [0.717, 1.165) is 108 Å². The molecule has 2 amide bonds. The fourth-order valence-corrected chi connectivity index (χ4v) is 8.74. The van der Waals surface area contributed by atoms with Crippen molar-refractivity contribution in [2.24, 2.45) is 0 Å². The van der Waals surface area contributed by atoms with Crippen LogP contribution in [-0.2, 0) is 0 Å². The summed E-state index contributed by atoms with van der Waals surface area (Å²) in [5.41, 5.74) is 5.90. The Morgan fingerprint density at radius 2 is 1.21 bits per heavy atom. The first kappa shape index (κ1) is 33.4. The Bertz CT molecular complexity index is 2840. The van der Waals surface area contributed by atoms with Crippen molar-refractivity contribution >= 4 is 67.6 Å². The van der Waals surface area contributed by atoms with E-state index in [-0.39, 0.29) is 22.9 Å². The molecular formula is C41H38N14O2. The first-order valence-corrected chi connectivity index (χ1v) is 19.3. The molecule has 2 spiro atoms. The lowest BCUT2D eigenvalue weighted by Crippen LogP contribution is -2.57. The van der Waals surface area contributed by atoms with E-state index in [1.54, 1.807) is 25.2 Å². The van der Waals surface area contributed by atoms with Crippen molar-refractivity contribution in [1.82, 2.24) is 59.6 Å². The van der Waals surface area contributed by atoms with Gasteiger partial charge in [0.1, 0.15) is 41.3 Å². The molecule has 4 aliphatic rings. The molecule has 8 aromatic rings. The lowest BCUT2D eigenvalue weighted by Gasteiger charge is -2.42. The van der Waals surface area contributed by atoms with Gasteiger partial charge in [0, 0.05) is 57.2 Å². The van der Waals surface area contributed by atoms with Crippen molar-refractivity contribution in [3.05, 3.63) is 103 Å². The van der Waals surface area contributed by atoms with Crippen LogP contribution in [0.15, 0.2) is 92.2 Å². The maximum Gasteiger partial charge on any atom is 0.274 e. The quantitative estimate of drug-likeness (QED) is 0.226. The Hall–Kier alpha value is -6.97. The third kappa shape index (κ3) is 5.69. The number of benzene rings is 2. The molecule has 6 aromatic heterocycles. The number of hydrogen-bond acceptors (Lipinski definition) is 11. The van der Waals surface area contributed by atoms with Gasteiger partial charge in [0.05, 0.1) is 56.4 Å². The van der Waals surface area contributed by atoms with Crippen LogP contribution >= 0.6 is 0 Å². The highest BCUT2D eigenvalue weighted by molar-refractivity contribution is 5.98. The summed E-state index contributed by atoms with van der Waals surface area (Å²) in [6, 6.07) is 17.3. The number of hydrogen-bond donors (Lipinski definition) is 3. The van der Waals surface area contributed by atoms with Crippen LogP contribution in [0, 0.1) is 0 Å². The Labute approximate surface area is 325 Å². The highest BCUT2D eigenvalue weighted by atomic mass is 16.2. The van der Waals surface area contributed by atoms with Gasteiger partial charge in [-0.25, -0.2) is 29.9 Å². The largest absolute Gasteiger partial charge is 0.352 e. The second kappa shape index (κ2) is 12.8. The van der Waals surface area contributed by atoms with Crippen LogP contribution in [0.25, 0.3) is 44.1 Å². The fraction of sp³-hybridized carbons (Fsp3) is 0.293. The molecule has 0 unspecified atom stereocenters. The van der Waals surface area contributed by atoms with Gasteiger partial charge in [-0.2, -0.15) is 0 Å². The number of carbonyl (C=O) groups excluding carboxylic acids is 2. The van der Waals surface area contributed by atoms with E-state index in [1.165, 1.54) is 0 Å². The average molecular weight is 759 g/mol. The Morgan fingerprint density at radius 1 is 0.596 bits per heavy atom. The normalized spacial score (nSPS) is 18.1. The lowest BCUT2D eigenvalue weighted by molar-refractivity contribution is 0.0612. The zero-order valence-corrected chi connectivity index (χ0v) is 31.0. The molecule has 12 rings (SSSR count). The van der Waals surface area contributed by atoms with E-state index < -0.39 is 0 Å². The fourth-order valence-electron chi connectivity index (χ4n) is 8.74. The number of imidazole rings is 1. The van der Waals surface area contributed by atoms with Crippen LogP contribution < -0.4 is 9.80 Å². The number of aromatic amines is 3. The Balaban J connectivity index is 0.000000131. The van der Waals surface area contributed by atoms with Crippen LogP contribution in [0.3, 0.4) is 0 Å². The number of fused-ring (bicyclic) bond motifs is 4. The average Bonchev–Trinajstić information content (AvgIpc) is 3.90. The minimum absolute atomic E-state index is 0.0325. The van der Waals surface area contributed by atoms with Crippen LogP contribution in [-0.4, -0.2) is 122 Å². The molecule has 57 heavy (non-hydrogen) atoms. The smallest absolute Gasteiger partial charge is 0.274 e.